The predicted molar refractivity (Wildman–Crippen MR) is 56.0 cm³/mol. The third-order valence-corrected chi connectivity index (χ3v) is 2.47. The van der Waals surface area contributed by atoms with Crippen molar-refractivity contribution in [2.24, 2.45) is 0 Å². The van der Waals surface area contributed by atoms with Gasteiger partial charge < -0.3 is 5.73 Å². The van der Waals surface area contributed by atoms with E-state index < -0.39 is 0 Å². The molecule has 0 aromatic carbocycles. The maximum atomic E-state index is 5.52. The number of H-pyrrole nitrogens is 1. The highest BCUT2D eigenvalue weighted by molar-refractivity contribution is 7.13. The van der Waals surface area contributed by atoms with Crippen LogP contribution in [0.5, 0.6) is 0 Å². The average Bonchev–Trinajstić information content (AvgIpc) is 2.70. The van der Waals surface area contributed by atoms with Crippen molar-refractivity contribution >= 4 is 16.5 Å². The van der Waals surface area contributed by atoms with E-state index >= 15 is 0 Å². The first-order valence-corrected chi connectivity index (χ1v) is 5.18. The second kappa shape index (κ2) is 3.38. The Morgan fingerprint density at radius 2 is 2.21 bits per heavy atom. The van der Waals surface area contributed by atoms with Gasteiger partial charge in [-0.3, -0.25) is 5.10 Å². The molecule has 0 bridgehead atoms. The molecule has 5 nitrogen and oxygen atoms in total. The summed E-state index contributed by atoms with van der Waals surface area (Å²) in [5.74, 6) is 1.82. The second-order valence-electron chi connectivity index (χ2n) is 3.27. The monoisotopic (exact) mass is 209 g/mol. The van der Waals surface area contributed by atoms with E-state index in [2.05, 4.69) is 34.0 Å². The van der Waals surface area contributed by atoms with Crippen LogP contribution in [0, 0.1) is 0 Å². The molecule has 0 radical (unpaired) electrons. The van der Waals surface area contributed by atoms with Crippen molar-refractivity contribution in [1.82, 2.24) is 20.2 Å². The summed E-state index contributed by atoms with van der Waals surface area (Å²) in [6.07, 6.45) is 0. The number of aromatic nitrogens is 4. The Hall–Kier alpha value is -1.43. The van der Waals surface area contributed by atoms with Gasteiger partial charge in [0.15, 0.2) is 5.13 Å². The van der Waals surface area contributed by atoms with Crippen LogP contribution in [0.15, 0.2) is 5.38 Å². The molecule has 0 unspecified atom stereocenters. The topological polar surface area (TPSA) is 80.5 Å². The lowest BCUT2D eigenvalue weighted by Gasteiger charge is -1.94. The third-order valence-electron chi connectivity index (χ3n) is 1.80. The van der Waals surface area contributed by atoms with E-state index in [0.717, 1.165) is 11.5 Å². The molecular formula is C8H11N5S. The van der Waals surface area contributed by atoms with Gasteiger partial charge in [0.05, 0.1) is 0 Å². The minimum atomic E-state index is 0.340. The molecule has 0 aliphatic heterocycles. The molecule has 14 heavy (non-hydrogen) atoms. The maximum Gasteiger partial charge on any atom is 0.200 e. The zero-order valence-corrected chi connectivity index (χ0v) is 8.80. The molecule has 0 aliphatic carbocycles. The first-order chi connectivity index (χ1) is 6.66. The summed E-state index contributed by atoms with van der Waals surface area (Å²) < 4.78 is 0. The van der Waals surface area contributed by atoms with Gasteiger partial charge in [0.1, 0.15) is 11.5 Å². The summed E-state index contributed by atoms with van der Waals surface area (Å²) in [4.78, 5) is 8.42. The van der Waals surface area contributed by atoms with Crippen molar-refractivity contribution < 1.29 is 0 Å². The molecule has 0 fully saturated rings. The van der Waals surface area contributed by atoms with E-state index in [-0.39, 0.29) is 0 Å². The standard InChI is InChI=1S/C8H11N5S/c1-4(2)6-11-7(13-12-6)5-3-14-8(9)10-5/h3-4H,1-2H3,(H2,9,10)(H,11,12,13). The second-order valence-corrected chi connectivity index (χ2v) is 4.16. The Morgan fingerprint density at radius 3 is 2.71 bits per heavy atom. The fraction of sp³-hybridized carbons (Fsp3) is 0.375. The van der Waals surface area contributed by atoms with E-state index in [1.54, 1.807) is 0 Å². The lowest BCUT2D eigenvalue weighted by molar-refractivity contribution is 0.781. The minimum absolute atomic E-state index is 0.340. The Balaban J connectivity index is 2.33. The van der Waals surface area contributed by atoms with Crippen molar-refractivity contribution in [2.45, 2.75) is 19.8 Å². The van der Waals surface area contributed by atoms with E-state index in [9.17, 15) is 0 Å². The van der Waals surface area contributed by atoms with Crippen molar-refractivity contribution in [3.05, 3.63) is 11.2 Å². The van der Waals surface area contributed by atoms with Crippen LogP contribution in [-0.2, 0) is 0 Å². The van der Waals surface area contributed by atoms with Gasteiger partial charge in [0, 0.05) is 11.3 Å². The van der Waals surface area contributed by atoms with Gasteiger partial charge in [-0.1, -0.05) is 13.8 Å². The molecule has 0 aliphatic rings. The molecule has 74 valence electrons. The van der Waals surface area contributed by atoms with Gasteiger partial charge in [-0.2, -0.15) is 5.10 Å². The predicted octanol–water partition coefficient (Wildman–Crippen LogP) is 1.63. The summed E-state index contributed by atoms with van der Waals surface area (Å²) in [5, 5.41) is 9.34. The fourth-order valence-electron chi connectivity index (χ4n) is 1.04. The number of nitrogens with zero attached hydrogens (tertiary/aromatic N) is 3. The number of rotatable bonds is 2. The highest BCUT2D eigenvalue weighted by atomic mass is 32.1. The van der Waals surface area contributed by atoms with E-state index in [0.29, 0.717) is 16.9 Å². The largest absolute Gasteiger partial charge is 0.375 e. The van der Waals surface area contributed by atoms with Crippen LogP contribution in [-0.4, -0.2) is 20.2 Å². The normalized spacial score (nSPS) is 11.1. The highest BCUT2D eigenvalue weighted by Gasteiger charge is 2.10. The number of nitrogens with one attached hydrogen (secondary N) is 1. The number of nitrogen functional groups attached to an aromatic ring is 1. The number of hydrogen-bond acceptors (Lipinski definition) is 5. The first kappa shape index (κ1) is 9.14. The van der Waals surface area contributed by atoms with Crippen LogP contribution in [0.25, 0.3) is 11.5 Å². The number of aromatic amines is 1. The molecule has 6 heteroatoms. The van der Waals surface area contributed by atoms with Crippen LogP contribution in [0.3, 0.4) is 0 Å². The van der Waals surface area contributed by atoms with Crippen LogP contribution in [0.2, 0.25) is 0 Å². The van der Waals surface area contributed by atoms with Crippen molar-refractivity contribution in [1.29, 1.82) is 0 Å². The molecule has 3 N–H and O–H groups in total. The molecule has 0 saturated heterocycles. The summed E-state index contributed by atoms with van der Waals surface area (Å²) >= 11 is 1.39. The summed E-state index contributed by atoms with van der Waals surface area (Å²) in [6, 6.07) is 0. The zero-order valence-electron chi connectivity index (χ0n) is 7.98. The number of thiazole rings is 1. The smallest absolute Gasteiger partial charge is 0.200 e. The van der Waals surface area contributed by atoms with Gasteiger partial charge in [0.25, 0.3) is 0 Å². The molecule has 0 atom stereocenters. The van der Waals surface area contributed by atoms with Crippen LogP contribution in [0.4, 0.5) is 5.13 Å². The van der Waals surface area contributed by atoms with Gasteiger partial charge in [-0.25, -0.2) is 9.97 Å². The zero-order chi connectivity index (χ0) is 10.1. The van der Waals surface area contributed by atoms with Crippen molar-refractivity contribution in [3.8, 4) is 11.5 Å². The molecule has 2 aromatic rings. The van der Waals surface area contributed by atoms with Gasteiger partial charge in [0.2, 0.25) is 5.82 Å². The molecule has 0 saturated carbocycles. The molecule has 0 amide bonds. The maximum absolute atomic E-state index is 5.52. The summed E-state index contributed by atoms with van der Waals surface area (Å²) in [5.41, 5.74) is 6.26. The van der Waals surface area contributed by atoms with E-state index in [4.69, 9.17) is 5.73 Å². The molecular weight excluding hydrogens is 198 g/mol. The highest BCUT2D eigenvalue weighted by Crippen LogP contribution is 2.20. The van der Waals surface area contributed by atoms with Crippen molar-refractivity contribution in [3.63, 3.8) is 0 Å². The summed E-state index contributed by atoms with van der Waals surface area (Å²) in [6.45, 7) is 4.11. The van der Waals surface area contributed by atoms with E-state index in [1.165, 1.54) is 11.3 Å². The van der Waals surface area contributed by atoms with Gasteiger partial charge in [-0.05, 0) is 0 Å². The van der Waals surface area contributed by atoms with E-state index in [1.807, 2.05) is 5.38 Å². The lowest BCUT2D eigenvalue weighted by Crippen LogP contribution is -1.89. The Labute approximate surface area is 85.4 Å². The third kappa shape index (κ3) is 1.60. The van der Waals surface area contributed by atoms with Crippen LogP contribution in [0.1, 0.15) is 25.6 Å². The number of nitrogens with two attached hydrogens (primary N) is 1. The van der Waals surface area contributed by atoms with Gasteiger partial charge >= 0.3 is 0 Å². The molecule has 2 rings (SSSR count). The lowest BCUT2D eigenvalue weighted by atomic mass is 10.2. The Morgan fingerprint density at radius 1 is 1.43 bits per heavy atom. The average molecular weight is 209 g/mol. The number of hydrogen-bond donors (Lipinski definition) is 2. The molecule has 2 aromatic heterocycles. The van der Waals surface area contributed by atoms with Crippen LogP contribution >= 0.6 is 11.3 Å². The Bertz CT molecular complexity index is 430. The minimum Gasteiger partial charge on any atom is -0.375 e. The van der Waals surface area contributed by atoms with Crippen molar-refractivity contribution in [2.75, 3.05) is 5.73 Å². The molecule has 2 heterocycles. The SMILES string of the molecule is CC(C)c1nc(-c2csc(N)n2)n[nH]1. The molecule has 0 spiro atoms. The van der Waals surface area contributed by atoms with Crippen LogP contribution < -0.4 is 5.73 Å². The first-order valence-electron chi connectivity index (χ1n) is 4.30. The quantitative estimate of drug-likeness (QED) is 0.787. The fourth-order valence-corrected chi connectivity index (χ4v) is 1.58. The Kier molecular flexibility index (Phi) is 2.20. The van der Waals surface area contributed by atoms with Gasteiger partial charge in [-0.15, -0.1) is 11.3 Å². The number of anilines is 1. The summed E-state index contributed by atoms with van der Waals surface area (Å²) in [7, 11) is 0.